The summed E-state index contributed by atoms with van der Waals surface area (Å²) < 4.78 is 61.4. The first-order valence-corrected chi connectivity index (χ1v) is 7.05. The summed E-state index contributed by atoms with van der Waals surface area (Å²) in [6.45, 7) is 0. The SMILES string of the molecule is Nc1c(OC(F)(F)F)cnc(I)c1S(=O)(=O)Cl. The van der Waals surface area contributed by atoms with Crippen LogP contribution < -0.4 is 10.5 Å². The molecule has 5 nitrogen and oxygen atoms in total. The average Bonchev–Trinajstić information content (AvgIpc) is 2.06. The first-order chi connectivity index (χ1) is 7.52. The predicted octanol–water partition coefficient (Wildman–Crippen LogP) is 2.09. The van der Waals surface area contributed by atoms with E-state index in [1.807, 2.05) is 0 Å². The molecule has 0 aromatic carbocycles. The molecule has 0 aliphatic heterocycles. The largest absolute Gasteiger partial charge is 0.573 e. The highest BCUT2D eigenvalue weighted by Gasteiger charge is 2.34. The van der Waals surface area contributed by atoms with Crippen molar-refractivity contribution in [3.05, 3.63) is 9.90 Å². The summed E-state index contributed by atoms with van der Waals surface area (Å²) in [4.78, 5) is 2.70. The smallest absolute Gasteiger partial charge is 0.402 e. The first kappa shape index (κ1) is 14.6. The van der Waals surface area contributed by atoms with E-state index in [0.717, 1.165) is 0 Å². The molecule has 0 saturated heterocycles. The van der Waals surface area contributed by atoms with Crippen LogP contribution in [0.5, 0.6) is 5.75 Å². The lowest BCUT2D eigenvalue weighted by Crippen LogP contribution is -2.19. The van der Waals surface area contributed by atoms with Crippen LogP contribution in [0.4, 0.5) is 18.9 Å². The monoisotopic (exact) mass is 402 g/mol. The van der Waals surface area contributed by atoms with Crippen LogP contribution in [0.25, 0.3) is 0 Å². The number of nitrogens with two attached hydrogens (primary N) is 1. The summed E-state index contributed by atoms with van der Waals surface area (Å²) in [5.41, 5.74) is 4.50. The normalized spacial score (nSPS) is 12.5. The van der Waals surface area contributed by atoms with Crippen LogP contribution in [-0.2, 0) is 9.05 Å². The fraction of sp³-hybridized carbons (Fsp3) is 0.167. The highest BCUT2D eigenvalue weighted by molar-refractivity contribution is 14.1. The highest BCUT2D eigenvalue weighted by atomic mass is 127. The number of ether oxygens (including phenoxy) is 1. The van der Waals surface area contributed by atoms with Crippen LogP contribution in [0.2, 0.25) is 0 Å². The lowest BCUT2D eigenvalue weighted by atomic mass is 10.4. The highest BCUT2D eigenvalue weighted by Crippen LogP contribution is 2.35. The van der Waals surface area contributed by atoms with Gasteiger partial charge in [-0.1, -0.05) is 0 Å². The Kier molecular flexibility index (Phi) is 3.98. The molecule has 0 aliphatic rings. The second-order valence-electron chi connectivity index (χ2n) is 2.64. The van der Waals surface area contributed by atoms with Crippen molar-refractivity contribution in [1.29, 1.82) is 0 Å². The minimum Gasteiger partial charge on any atom is -0.402 e. The molecule has 0 saturated carbocycles. The summed E-state index contributed by atoms with van der Waals surface area (Å²) >= 11 is 1.47. The minimum atomic E-state index is -5.00. The van der Waals surface area contributed by atoms with Gasteiger partial charge in [0.05, 0.1) is 11.9 Å². The lowest BCUT2D eigenvalue weighted by Gasteiger charge is -2.12. The van der Waals surface area contributed by atoms with Crippen LogP contribution in [0.3, 0.4) is 0 Å². The maximum absolute atomic E-state index is 12.0. The molecule has 17 heavy (non-hydrogen) atoms. The Morgan fingerprint density at radius 2 is 2.00 bits per heavy atom. The Hall–Kier alpha value is -0.490. The number of alkyl halides is 3. The van der Waals surface area contributed by atoms with Gasteiger partial charge in [0.1, 0.15) is 8.60 Å². The minimum absolute atomic E-state index is 0.148. The Morgan fingerprint density at radius 3 is 2.41 bits per heavy atom. The zero-order chi connectivity index (χ0) is 13.4. The summed E-state index contributed by atoms with van der Waals surface area (Å²) in [5, 5.41) is 0. The van der Waals surface area contributed by atoms with E-state index in [0.29, 0.717) is 6.20 Å². The van der Waals surface area contributed by atoms with E-state index in [1.54, 1.807) is 0 Å². The third kappa shape index (κ3) is 3.74. The zero-order valence-electron chi connectivity index (χ0n) is 7.62. The average molecular weight is 403 g/mol. The molecule has 2 N–H and O–H groups in total. The Bertz CT molecular complexity index is 548. The number of nitrogen functional groups attached to an aromatic ring is 1. The molecule has 0 spiro atoms. The van der Waals surface area contributed by atoms with Crippen molar-refractivity contribution in [1.82, 2.24) is 4.98 Å². The molecule has 0 unspecified atom stereocenters. The van der Waals surface area contributed by atoms with Crippen molar-refractivity contribution in [3.63, 3.8) is 0 Å². The number of hydrogen-bond donors (Lipinski definition) is 1. The number of aromatic nitrogens is 1. The molecule has 1 aromatic heterocycles. The van der Waals surface area contributed by atoms with Crippen LogP contribution in [-0.4, -0.2) is 19.8 Å². The van der Waals surface area contributed by atoms with Gasteiger partial charge < -0.3 is 10.5 Å². The quantitative estimate of drug-likeness (QED) is 0.465. The van der Waals surface area contributed by atoms with Crippen LogP contribution in [0.1, 0.15) is 0 Å². The predicted molar refractivity (Wildman–Crippen MR) is 61.1 cm³/mol. The molecule has 11 heteroatoms. The molecular weight excluding hydrogens is 399 g/mol. The van der Waals surface area contributed by atoms with Crippen molar-refractivity contribution in [2.24, 2.45) is 0 Å². The van der Waals surface area contributed by atoms with Gasteiger partial charge in [-0.2, -0.15) is 0 Å². The third-order valence-electron chi connectivity index (χ3n) is 1.46. The van der Waals surface area contributed by atoms with E-state index >= 15 is 0 Å². The van der Waals surface area contributed by atoms with Gasteiger partial charge in [0.15, 0.2) is 5.75 Å². The number of anilines is 1. The van der Waals surface area contributed by atoms with Crippen LogP contribution >= 0.6 is 33.3 Å². The van der Waals surface area contributed by atoms with Crippen LogP contribution in [0.15, 0.2) is 11.1 Å². The van der Waals surface area contributed by atoms with Gasteiger partial charge in [0, 0.05) is 10.7 Å². The van der Waals surface area contributed by atoms with Crippen molar-refractivity contribution in [2.45, 2.75) is 11.3 Å². The molecule has 0 amide bonds. The maximum Gasteiger partial charge on any atom is 0.573 e. The topological polar surface area (TPSA) is 82.3 Å². The molecule has 0 atom stereocenters. The van der Waals surface area contributed by atoms with E-state index < -0.39 is 31.7 Å². The molecule has 96 valence electrons. The second-order valence-corrected chi connectivity index (χ2v) is 6.17. The molecule has 0 bridgehead atoms. The molecule has 1 heterocycles. The second kappa shape index (κ2) is 4.65. The molecule has 0 radical (unpaired) electrons. The number of nitrogens with zero attached hydrogens (tertiary/aromatic N) is 1. The summed E-state index contributed by atoms with van der Waals surface area (Å²) in [6.07, 6.45) is -4.34. The van der Waals surface area contributed by atoms with Crippen molar-refractivity contribution in [2.75, 3.05) is 5.73 Å². The summed E-state index contributed by atoms with van der Waals surface area (Å²) in [5.74, 6) is -0.919. The van der Waals surface area contributed by atoms with E-state index in [-0.39, 0.29) is 3.70 Å². The van der Waals surface area contributed by atoms with Gasteiger partial charge in [0.25, 0.3) is 9.05 Å². The molecule has 0 fully saturated rings. The summed E-state index contributed by atoms with van der Waals surface area (Å²) in [6, 6.07) is 0. The van der Waals surface area contributed by atoms with Gasteiger partial charge in [-0.15, -0.1) is 13.2 Å². The zero-order valence-corrected chi connectivity index (χ0v) is 11.4. The van der Waals surface area contributed by atoms with E-state index in [9.17, 15) is 21.6 Å². The van der Waals surface area contributed by atoms with Gasteiger partial charge in [-0.05, 0) is 22.6 Å². The Balaban J connectivity index is 3.40. The van der Waals surface area contributed by atoms with E-state index in [1.165, 1.54) is 22.6 Å². The molecular formula is C6H3ClF3IN2O3S. The fourth-order valence-corrected chi connectivity index (χ4v) is 3.68. The van der Waals surface area contributed by atoms with Crippen molar-refractivity contribution < 1.29 is 26.3 Å². The van der Waals surface area contributed by atoms with Gasteiger partial charge >= 0.3 is 6.36 Å². The summed E-state index contributed by atoms with van der Waals surface area (Å²) in [7, 11) is 0.711. The molecule has 1 aromatic rings. The number of rotatable bonds is 2. The first-order valence-electron chi connectivity index (χ1n) is 3.67. The molecule has 0 aliphatic carbocycles. The molecule has 1 rings (SSSR count). The number of hydrogen-bond acceptors (Lipinski definition) is 5. The fourth-order valence-electron chi connectivity index (χ4n) is 0.904. The van der Waals surface area contributed by atoms with Gasteiger partial charge in [-0.25, -0.2) is 13.4 Å². The lowest BCUT2D eigenvalue weighted by molar-refractivity contribution is -0.274. The number of halogens is 5. The van der Waals surface area contributed by atoms with Crippen molar-refractivity contribution >= 4 is 48.0 Å². The Morgan fingerprint density at radius 1 is 1.47 bits per heavy atom. The van der Waals surface area contributed by atoms with Crippen LogP contribution in [0, 0.1) is 3.70 Å². The Labute approximate surface area is 112 Å². The number of pyridine rings is 1. The van der Waals surface area contributed by atoms with Gasteiger partial charge in [0.2, 0.25) is 0 Å². The maximum atomic E-state index is 12.0. The van der Waals surface area contributed by atoms with E-state index in [2.05, 4.69) is 9.72 Å². The third-order valence-corrected chi connectivity index (χ3v) is 4.01. The van der Waals surface area contributed by atoms with Gasteiger partial charge in [-0.3, -0.25) is 0 Å². The standard InChI is InChI=1S/C6H3ClF3IN2O3S/c7-17(14,15)4-3(12)2(1-13-5(4)11)16-6(8,9)10/h1H,(H2,12,13). The van der Waals surface area contributed by atoms with E-state index in [4.69, 9.17) is 16.4 Å². The van der Waals surface area contributed by atoms with Crippen molar-refractivity contribution in [3.8, 4) is 5.75 Å².